The van der Waals surface area contributed by atoms with E-state index < -0.39 is 0 Å². The summed E-state index contributed by atoms with van der Waals surface area (Å²) in [5, 5.41) is 9.53. The number of nitrogens with one attached hydrogen (secondary N) is 2. The lowest BCUT2D eigenvalue weighted by Crippen LogP contribution is -2.39. The fourth-order valence-corrected chi connectivity index (χ4v) is 2.81. The monoisotopic (exact) mass is 254 g/mol. The lowest BCUT2D eigenvalue weighted by atomic mass is 10.2. The third-order valence-corrected chi connectivity index (χ3v) is 3.83. The lowest BCUT2D eigenvalue weighted by Gasteiger charge is -2.25. The summed E-state index contributed by atoms with van der Waals surface area (Å²) in [6.07, 6.45) is 1.57. The van der Waals surface area contributed by atoms with Crippen LogP contribution in [0.25, 0.3) is 0 Å². The number of carbonyl (C=O) groups excluding carboxylic acids is 1. The number of amides is 1. The molecule has 1 amide bonds. The Hall–Kier alpha value is -1.01. The zero-order valence-electron chi connectivity index (χ0n) is 10.0. The SMILES string of the molecule is Cc1[nH]ncc1C(=O)NCCN1CCSCC1. The van der Waals surface area contributed by atoms with E-state index in [0.717, 1.165) is 25.3 Å². The Labute approximate surface area is 105 Å². The molecule has 0 atom stereocenters. The van der Waals surface area contributed by atoms with Gasteiger partial charge in [0, 0.05) is 43.4 Å². The normalized spacial score (nSPS) is 17.0. The smallest absolute Gasteiger partial charge is 0.254 e. The Morgan fingerprint density at radius 2 is 2.35 bits per heavy atom. The highest BCUT2D eigenvalue weighted by atomic mass is 32.2. The molecule has 1 fully saturated rings. The van der Waals surface area contributed by atoms with Gasteiger partial charge in [0.25, 0.3) is 5.91 Å². The van der Waals surface area contributed by atoms with Crippen molar-refractivity contribution >= 4 is 17.7 Å². The topological polar surface area (TPSA) is 61.0 Å². The van der Waals surface area contributed by atoms with Crippen LogP contribution in [-0.2, 0) is 0 Å². The van der Waals surface area contributed by atoms with Crippen LogP contribution in [-0.4, -0.2) is 58.7 Å². The molecule has 17 heavy (non-hydrogen) atoms. The molecular weight excluding hydrogens is 236 g/mol. The van der Waals surface area contributed by atoms with E-state index in [1.807, 2.05) is 18.7 Å². The number of nitrogens with zero attached hydrogens (tertiary/aromatic N) is 2. The largest absolute Gasteiger partial charge is 0.351 e. The summed E-state index contributed by atoms with van der Waals surface area (Å²) in [4.78, 5) is 14.2. The summed E-state index contributed by atoms with van der Waals surface area (Å²) in [5.41, 5.74) is 1.45. The van der Waals surface area contributed by atoms with Gasteiger partial charge in [0.15, 0.2) is 0 Å². The number of thioether (sulfide) groups is 1. The Bertz CT molecular complexity index is 373. The van der Waals surface area contributed by atoms with Crippen LogP contribution < -0.4 is 5.32 Å². The van der Waals surface area contributed by atoms with Crippen LogP contribution in [0.1, 0.15) is 16.1 Å². The van der Waals surface area contributed by atoms with Gasteiger partial charge in [-0.05, 0) is 6.92 Å². The molecule has 1 aromatic heterocycles. The Kier molecular flexibility index (Phi) is 4.44. The van der Waals surface area contributed by atoms with Crippen LogP contribution in [0.5, 0.6) is 0 Å². The van der Waals surface area contributed by atoms with Crippen LogP contribution in [0, 0.1) is 6.92 Å². The first kappa shape index (κ1) is 12.4. The summed E-state index contributed by atoms with van der Waals surface area (Å²) in [7, 11) is 0. The van der Waals surface area contributed by atoms with Crippen molar-refractivity contribution in [1.82, 2.24) is 20.4 Å². The molecule has 0 unspecified atom stereocenters. The quantitative estimate of drug-likeness (QED) is 0.821. The van der Waals surface area contributed by atoms with E-state index in [9.17, 15) is 4.79 Å². The van der Waals surface area contributed by atoms with Crippen molar-refractivity contribution in [2.24, 2.45) is 0 Å². The van der Waals surface area contributed by atoms with Crippen molar-refractivity contribution in [3.63, 3.8) is 0 Å². The van der Waals surface area contributed by atoms with Gasteiger partial charge in [-0.1, -0.05) is 0 Å². The van der Waals surface area contributed by atoms with Gasteiger partial charge in [-0.25, -0.2) is 0 Å². The summed E-state index contributed by atoms with van der Waals surface area (Å²) in [6.45, 7) is 5.75. The summed E-state index contributed by atoms with van der Waals surface area (Å²) >= 11 is 2.00. The molecule has 0 spiro atoms. The van der Waals surface area contributed by atoms with E-state index in [1.54, 1.807) is 6.20 Å². The first-order chi connectivity index (χ1) is 8.27. The highest BCUT2D eigenvalue weighted by molar-refractivity contribution is 7.99. The maximum atomic E-state index is 11.8. The second-order valence-electron chi connectivity index (χ2n) is 4.12. The second kappa shape index (κ2) is 6.07. The van der Waals surface area contributed by atoms with Gasteiger partial charge in [-0.15, -0.1) is 0 Å². The molecule has 0 radical (unpaired) electrons. The van der Waals surface area contributed by atoms with Crippen molar-refractivity contribution < 1.29 is 4.79 Å². The van der Waals surface area contributed by atoms with Crippen molar-refractivity contribution in [3.05, 3.63) is 17.5 Å². The van der Waals surface area contributed by atoms with Gasteiger partial charge >= 0.3 is 0 Å². The fraction of sp³-hybridized carbons (Fsp3) is 0.636. The van der Waals surface area contributed by atoms with Gasteiger partial charge in [-0.2, -0.15) is 16.9 Å². The van der Waals surface area contributed by atoms with Crippen LogP contribution in [0.2, 0.25) is 0 Å². The molecule has 1 aromatic rings. The average Bonchev–Trinajstić information content (AvgIpc) is 2.77. The molecule has 0 aromatic carbocycles. The number of hydrogen-bond donors (Lipinski definition) is 2. The van der Waals surface area contributed by atoms with Gasteiger partial charge in [0.2, 0.25) is 0 Å². The standard InChI is InChI=1S/C11H18N4OS/c1-9-10(8-13-14-9)11(16)12-2-3-15-4-6-17-7-5-15/h8H,2-7H2,1H3,(H,12,16)(H,13,14). The van der Waals surface area contributed by atoms with Gasteiger partial charge < -0.3 is 5.32 Å². The zero-order valence-corrected chi connectivity index (χ0v) is 10.8. The number of rotatable bonds is 4. The van der Waals surface area contributed by atoms with E-state index in [0.29, 0.717) is 12.1 Å². The van der Waals surface area contributed by atoms with E-state index in [2.05, 4.69) is 20.4 Å². The second-order valence-corrected chi connectivity index (χ2v) is 5.34. The van der Waals surface area contributed by atoms with E-state index in [-0.39, 0.29) is 5.91 Å². The minimum atomic E-state index is -0.0392. The molecule has 94 valence electrons. The molecule has 1 saturated heterocycles. The number of aromatic nitrogens is 2. The highest BCUT2D eigenvalue weighted by Gasteiger charge is 2.12. The van der Waals surface area contributed by atoms with Crippen LogP contribution in [0.15, 0.2) is 6.20 Å². The van der Waals surface area contributed by atoms with Crippen molar-refractivity contribution in [2.45, 2.75) is 6.92 Å². The zero-order chi connectivity index (χ0) is 12.1. The van der Waals surface area contributed by atoms with Crippen molar-refractivity contribution in [1.29, 1.82) is 0 Å². The Balaban J connectivity index is 1.71. The average molecular weight is 254 g/mol. The van der Waals surface area contributed by atoms with Gasteiger partial charge in [0.1, 0.15) is 0 Å². The van der Waals surface area contributed by atoms with Crippen LogP contribution >= 0.6 is 11.8 Å². The van der Waals surface area contributed by atoms with Crippen LogP contribution in [0.4, 0.5) is 0 Å². The Morgan fingerprint density at radius 1 is 1.59 bits per heavy atom. The molecule has 0 saturated carbocycles. The molecule has 0 bridgehead atoms. The molecule has 6 heteroatoms. The van der Waals surface area contributed by atoms with Crippen molar-refractivity contribution in [3.8, 4) is 0 Å². The first-order valence-corrected chi connectivity index (χ1v) is 7.01. The van der Waals surface area contributed by atoms with Gasteiger partial charge in [0.05, 0.1) is 11.8 Å². The Morgan fingerprint density at radius 3 is 3.00 bits per heavy atom. The number of H-pyrrole nitrogens is 1. The minimum absolute atomic E-state index is 0.0392. The molecule has 5 nitrogen and oxygen atoms in total. The molecular formula is C11H18N4OS. The molecule has 1 aliphatic heterocycles. The third kappa shape index (κ3) is 3.47. The minimum Gasteiger partial charge on any atom is -0.351 e. The summed E-state index contributed by atoms with van der Waals surface area (Å²) < 4.78 is 0. The molecule has 2 heterocycles. The lowest BCUT2D eigenvalue weighted by molar-refractivity contribution is 0.0948. The maximum Gasteiger partial charge on any atom is 0.254 e. The number of hydrogen-bond acceptors (Lipinski definition) is 4. The maximum absolute atomic E-state index is 11.8. The first-order valence-electron chi connectivity index (χ1n) is 5.85. The molecule has 2 N–H and O–H groups in total. The molecule has 1 aliphatic rings. The molecule has 0 aliphatic carbocycles. The number of aryl methyl sites for hydroxylation is 1. The van der Waals surface area contributed by atoms with E-state index in [4.69, 9.17) is 0 Å². The fourth-order valence-electron chi connectivity index (χ4n) is 1.83. The highest BCUT2D eigenvalue weighted by Crippen LogP contribution is 2.08. The van der Waals surface area contributed by atoms with Crippen LogP contribution in [0.3, 0.4) is 0 Å². The number of aromatic amines is 1. The molecule has 2 rings (SSSR count). The van der Waals surface area contributed by atoms with Gasteiger partial charge in [-0.3, -0.25) is 14.8 Å². The summed E-state index contributed by atoms with van der Waals surface area (Å²) in [5.74, 6) is 2.37. The predicted molar refractivity (Wildman–Crippen MR) is 69.4 cm³/mol. The predicted octanol–water partition coefficient (Wildman–Crippen LogP) is 0.497. The van der Waals surface area contributed by atoms with E-state index >= 15 is 0 Å². The number of carbonyl (C=O) groups is 1. The third-order valence-electron chi connectivity index (χ3n) is 2.89. The summed E-state index contributed by atoms with van der Waals surface area (Å²) in [6, 6.07) is 0. The van der Waals surface area contributed by atoms with Crippen molar-refractivity contribution in [2.75, 3.05) is 37.7 Å². The van der Waals surface area contributed by atoms with E-state index in [1.165, 1.54) is 11.5 Å².